The van der Waals surface area contributed by atoms with Gasteiger partial charge in [0, 0.05) is 17.5 Å². The number of rotatable bonds is 3. The molecule has 3 rings (SSSR count). The molecule has 1 aromatic carbocycles. The van der Waals surface area contributed by atoms with Gasteiger partial charge < -0.3 is 9.15 Å². The topological polar surface area (TPSA) is 56.5 Å². The first-order chi connectivity index (χ1) is 10.6. The summed E-state index contributed by atoms with van der Waals surface area (Å²) in [5, 5.41) is 2.81. The summed E-state index contributed by atoms with van der Waals surface area (Å²) in [6.45, 7) is 1.94. The molecule has 0 fully saturated rings. The van der Waals surface area contributed by atoms with Crippen molar-refractivity contribution in [2.45, 2.75) is 13.3 Å². The van der Waals surface area contributed by atoms with Gasteiger partial charge in [-0.15, -0.1) is 11.3 Å². The highest BCUT2D eigenvalue weighted by atomic mass is 35.5. The molecule has 0 saturated carbocycles. The fourth-order valence-corrected chi connectivity index (χ4v) is 2.94. The number of halogens is 1. The van der Waals surface area contributed by atoms with Gasteiger partial charge in [-0.1, -0.05) is 24.6 Å². The quantitative estimate of drug-likeness (QED) is 0.407. The zero-order chi connectivity index (χ0) is 15.7. The molecule has 0 aliphatic rings. The van der Waals surface area contributed by atoms with Crippen LogP contribution >= 0.6 is 22.9 Å². The van der Waals surface area contributed by atoms with Crippen molar-refractivity contribution >= 4 is 39.9 Å². The number of aryl methyl sites for hydroxylation is 1. The Kier molecular flexibility index (Phi) is 4.00. The molecule has 2 heterocycles. The van der Waals surface area contributed by atoms with Gasteiger partial charge in [-0.25, -0.2) is 9.59 Å². The number of hydrogen-bond acceptors (Lipinski definition) is 5. The Balaban J connectivity index is 2.06. The molecule has 0 amide bonds. The van der Waals surface area contributed by atoms with E-state index >= 15 is 0 Å². The van der Waals surface area contributed by atoms with Gasteiger partial charge in [0.1, 0.15) is 10.5 Å². The van der Waals surface area contributed by atoms with E-state index in [4.69, 9.17) is 20.8 Å². The molecule has 4 nitrogen and oxygen atoms in total. The summed E-state index contributed by atoms with van der Waals surface area (Å²) in [4.78, 5) is 24.0. The van der Waals surface area contributed by atoms with Crippen LogP contribution in [0.4, 0.5) is 0 Å². The van der Waals surface area contributed by atoms with Crippen molar-refractivity contribution in [3.05, 3.63) is 61.6 Å². The average Bonchev–Trinajstić information content (AvgIpc) is 3.02. The second-order valence-corrected chi connectivity index (χ2v) is 5.94. The Bertz CT molecular complexity index is 896. The number of benzene rings is 1. The molecule has 22 heavy (non-hydrogen) atoms. The predicted octanol–water partition coefficient (Wildman–Crippen LogP) is 4.29. The highest BCUT2D eigenvalue weighted by Crippen LogP contribution is 2.32. The van der Waals surface area contributed by atoms with Gasteiger partial charge in [-0.2, -0.15) is 0 Å². The van der Waals surface area contributed by atoms with Gasteiger partial charge >= 0.3 is 11.6 Å². The van der Waals surface area contributed by atoms with Gasteiger partial charge in [-0.3, -0.25) is 0 Å². The van der Waals surface area contributed by atoms with Crippen LogP contribution < -0.4 is 10.4 Å². The van der Waals surface area contributed by atoms with Crippen molar-refractivity contribution in [1.29, 1.82) is 0 Å². The van der Waals surface area contributed by atoms with E-state index in [9.17, 15) is 9.59 Å². The Morgan fingerprint density at radius 3 is 2.86 bits per heavy atom. The van der Waals surface area contributed by atoms with Crippen LogP contribution in [-0.4, -0.2) is 5.97 Å². The van der Waals surface area contributed by atoms with Crippen molar-refractivity contribution in [3.63, 3.8) is 0 Å². The minimum absolute atomic E-state index is 0.170. The number of fused-ring (bicyclic) bond motifs is 1. The van der Waals surface area contributed by atoms with Crippen LogP contribution in [0.5, 0.6) is 5.75 Å². The maximum atomic E-state index is 12.0. The molecule has 0 bridgehead atoms. The zero-order valence-electron chi connectivity index (χ0n) is 11.6. The van der Waals surface area contributed by atoms with Crippen LogP contribution in [0.25, 0.3) is 11.0 Å². The molecule has 0 saturated heterocycles. The lowest BCUT2D eigenvalue weighted by atomic mass is 10.1. The Labute approximate surface area is 134 Å². The largest absolute Gasteiger partial charge is 0.423 e. The third-order valence-corrected chi connectivity index (χ3v) is 4.33. The molecule has 3 aromatic rings. The molecule has 2 aromatic heterocycles. The van der Waals surface area contributed by atoms with E-state index < -0.39 is 11.6 Å². The Hall–Kier alpha value is -2.11. The number of esters is 1. The van der Waals surface area contributed by atoms with Gasteiger partial charge in [0.2, 0.25) is 0 Å². The third kappa shape index (κ3) is 2.77. The molecule has 0 radical (unpaired) electrons. The molecule has 6 heteroatoms. The second-order valence-electron chi connectivity index (χ2n) is 4.59. The molecule has 0 spiro atoms. The van der Waals surface area contributed by atoms with Gasteiger partial charge in [0.15, 0.2) is 5.75 Å². The number of carbonyl (C=O) groups excluding carboxylic acids is 1. The van der Waals surface area contributed by atoms with Crippen LogP contribution in [0.1, 0.15) is 22.2 Å². The summed E-state index contributed by atoms with van der Waals surface area (Å²) in [7, 11) is 0. The van der Waals surface area contributed by atoms with Gasteiger partial charge in [0.25, 0.3) is 0 Å². The van der Waals surface area contributed by atoms with Crippen LogP contribution in [-0.2, 0) is 6.42 Å². The molecule has 0 atom stereocenters. The minimum Gasteiger partial charge on any atom is -0.423 e. The van der Waals surface area contributed by atoms with Crippen molar-refractivity contribution in [3.8, 4) is 5.75 Å². The van der Waals surface area contributed by atoms with Crippen LogP contribution in [0.2, 0.25) is 5.02 Å². The smallest absolute Gasteiger partial charge is 0.353 e. The van der Waals surface area contributed by atoms with E-state index in [1.807, 2.05) is 6.92 Å². The van der Waals surface area contributed by atoms with E-state index in [-0.39, 0.29) is 5.75 Å². The summed E-state index contributed by atoms with van der Waals surface area (Å²) in [5.41, 5.74) is 0.745. The fourth-order valence-electron chi connectivity index (χ4n) is 2.14. The predicted molar refractivity (Wildman–Crippen MR) is 86.1 cm³/mol. The van der Waals surface area contributed by atoms with Crippen LogP contribution in [0.15, 0.2) is 44.9 Å². The molecule has 0 unspecified atom stereocenters. The lowest BCUT2D eigenvalue weighted by molar-refractivity contribution is 0.0740. The van der Waals surface area contributed by atoms with Gasteiger partial charge in [-0.05, 0) is 29.5 Å². The van der Waals surface area contributed by atoms with Crippen LogP contribution in [0, 0.1) is 0 Å². The first-order valence-corrected chi connectivity index (χ1v) is 7.86. The number of hydrogen-bond donors (Lipinski definition) is 0. The van der Waals surface area contributed by atoms with Crippen molar-refractivity contribution in [2.24, 2.45) is 0 Å². The molecule has 112 valence electrons. The summed E-state index contributed by atoms with van der Waals surface area (Å²) < 4.78 is 10.5. The summed E-state index contributed by atoms with van der Waals surface area (Å²) in [5.74, 6) is -0.325. The highest BCUT2D eigenvalue weighted by molar-refractivity contribution is 7.12. The fraction of sp³-hybridized carbons (Fsp3) is 0.125. The molecule has 0 N–H and O–H groups in total. The van der Waals surface area contributed by atoms with E-state index in [0.29, 0.717) is 21.9 Å². The van der Waals surface area contributed by atoms with Crippen molar-refractivity contribution in [2.75, 3.05) is 0 Å². The van der Waals surface area contributed by atoms with Crippen molar-refractivity contribution < 1.29 is 13.9 Å². The minimum atomic E-state index is -0.495. The number of thiophene rings is 1. The monoisotopic (exact) mass is 334 g/mol. The van der Waals surface area contributed by atoms with Crippen LogP contribution in [0.3, 0.4) is 0 Å². The average molecular weight is 335 g/mol. The first kappa shape index (κ1) is 14.8. The summed E-state index contributed by atoms with van der Waals surface area (Å²) in [6, 6.07) is 7.99. The number of carbonyl (C=O) groups is 1. The lowest BCUT2D eigenvalue weighted by Gasteiger charge is -2.08. The highest BCUT2D eigenvalue weighted by Gasteiger charge is 2.15. The van der Waals surface area contributed by atoms with Gasteiger partial charge in [0.05, 0.1) is 5.02 Å². The zero-order valence-corrected chi connectivity index (χ0v) is 13.2. The maximum Gasteiger partial charge on any atom is 0.353 e. The Morgan fingerprint density at radius 1 is 1.36 bits per heavy atom. The Morgan fingerprint density at radius 2 is 2.18 bits per heavy atom. The maximum absolute atomic E-state index is 12.0. The lowest BCUT2D eigenvalue weighted by Crippen LogP contribution is -2.07. The van der Waals surface area contributed by atoms with E-state index in [1.54, 1.807) is 23.6 Å². The van der Waals surface area contributed by atoms with E-state index in [2.05, 4.69) is 0 Å². The summed E-state index contributed by atoms with van der Waals surface area (Å²) >= 11 is 7.46. The van der Waals surface area contributed by atoms with E-state index in [0.717, 1.165) is 10.9 Å². The normalized spacial score (nSPS) is 10.8. The van der Waals surface area contributed by atoms with Crippen molar-refractivity contribution in [1.82, 2.24) is 0 Å². The SMILES string of the molecule is CCc1cc(=O)oc2cc(OC(=O)c3cccs3)c(Cl)cc12. The third-order valence-electron chi connectivity index (χ3n) is 3.19. The second kappa shape index (κ2) is 5.94. The molecular weight excluding hydrogens is 324 g/mol. The standard InChI is InChI=1S/C16H11ClO4S/c1-2-9-6-15(18)20-12-8-13(11(17)7-10(9)12)21-16(19)14-4-3-5-22-14/h3-8H,2H2,1H3. The number of ether oxygens (including phenoxy) is 1. The van der Waals surface area contributed by atoms with E-state index in [1.165, 1.54) is 23.5 Å². The molecule has 0 aliphatic carbocycles. The molecular formula is C16H11ClO4S. The summed E-state index contributed by atoms with van der Waals surface area (Å²) in [6.07, 6.45) is 0.673. The first-order valence-electron chi connectivity index (χ1n) is 6.60. The molecule has 0 aliphatic heterocycles.